The molecule has 1 aliphatic carbocycles. The largest absolute Gasteiger partial charge is 0.285 e. The van der Waals surface area contributed by atoms with E-state index in [1.165, 1.54) is 0 Å². The molecule has 1 fully saturated rings. The highest BCUT2D eigenvalue weighted by Crippen LogP contribution is 2.24. The lowest BCUT2D eigenvalue weighted by Crippen LogP contribution is -2.15. The third-order valence-corrected chi connectivity index (χ3v) is 3.96. The molecule has 1 saturated carbocycles. The normalized spacial score (nSPS) is 19.1. The topological polar surface area (TPSA) is 34.1 Å². The van der Waals surface area contributed by atoms with E-state index >= 15 is 0 Å². The van der Waals surface area contributed by atoms with Gasteiger partial charge in [0, 0.05) is 11.1 Å². The number of allylic oxidation sites excluding steroid dienone is 2. The van der Waals surface area contributed by atoms with Gasteiger partial charge in [0.15, 0.2) is 0 Å². The van der Waals surface area contributed by atoms with Crippen molar-refractivity contribution in [1.82, 2.24) is 0 Å². The molecule has 0 aliphatic heterocycles. The Kier molecular flexibility index (Phi) is 4.62. The van der Waals surface area contributed by atoms with Gasteiger partial charge in [-0.1, -0.05) is 60.7 Å². The fourth-order valence-corrected chi connectivity index (χ4v) is 2.76. The molecule has 0 atom stereocenters. The van der Waals surface area contributed by atoms with Crippen molar-refractivity contribution in [1.29, 1.82) is 0 Å². The summed E-state index contributed by atoms with van der Waals surface area (Å²) in [4.78, 5) is 25.0. The molecule has 2 aromatic carbocycles. The molecule has 0 N–H and O–H groups in total. The van der Waals surface area contributed by atoms with Gasteiger partial charge in [0.05, 0.1) is 0 Å². The Balaban J connectivity index is 1.88. The number of carbonyl (C=O) groups is 2. The zero-order valence-electron chi connectivity index (χ0n) is 12.9. The van der Waals surface area contributed by atoms with Gasteiger partial charge in [-0.2, -0.15) is 0 Å². The molecule has 0 saturated heterocycles. The van der Waals surface area contributed by atoms with E-state index in [9.17, 15) is 9.59 Å². The van der Waals surface area contributed by atoms with Gasteiger partial charge in [0.1, 0.15) is 0 Å². The summed E-state index contributed by atoms with van der Waals surface area (Å²) in [7, 11) is 0. The molecule has 2 nitrogen and oxygen atoms in total. The number of Topliss-reactive ketones (excluding diaryl/α,β-unsaturated/α-hetero) is 2. The lowest BCUT2D eigenvalue weighted by molar-refractivity contribution is -0.131. The first-order valence-electron chi connectivity index (χ1n) is 7.84. The lowest BCUT2D eigenvalue weighted by Gasteiger charge is -2.02. The van der Waals surface area contributed by atoms with Crippen molar-refractivity contribution in [3.8, 4) is 0 Å². The van der Waals surface area contributed by atoms with E-state index in [0.717, 1.165) is 17.5 Å². The van der Waals surface area contributed by atoms with Crippen LogP contribution in [0.15, 0.2) is 71.8 Å². The smallest absolute Gasteiger partial charge is 0.229 e. The Morgan fingerprint density at radius 2 is 1.00 bits per heavy atom. The number of rotatable bonds is 2. The quantitative estimate of drug-likeness (QED) is 0.466. The number of ketones is 2. The zero-order chi connectivity index (χ0) is 16.1. The maximum absolute atomic E-state index is 12.5. The van der Waals surface area contributed by atoms with Crippen LogP contribution in [0.4, 0.5) is 0 Å². The highest BCUT2D eigenvalue weighted by atomic mass is 16.2. The fraction of sp³-hybridized carbons (Fsp3) is 0.143. The minimum atomic E-state index is -0.367. The fourth-order valence-electron chi connectivity index (χ4n) is 2.76. The molecule has 0 bridgehead atoms. The standard InChI is InChI=1S/C21H18O2/c22-20-18(14-16-8-3-1-4-9-16)12-7-13-19(21(20)23)15-17-10-5-2-6-11-17/h1-6,8-11,14-15H,7,12-13H2/b18-14+,19-15?. The Morgan fingerprint density at radius 1 is 0.609 bits per heavy atom. The van der Waals surface area contributed by atoms with Crippen molar-refractivity contribution < 1.29 is 9.59 Å². The van der Waals surface area contributed by atoms with Crippen molar-refractivity contribution in [3.05, 3.63) is 82.9 Å². The predicted molar refractivity (Wildman–Crippen MR) is 92.7 cm³/mol. The first kappa shape index (κ1) is 15.2. The van der Waals surface area contributed by atoms with E-state index in [1.54, 1.807) is 0 Å². The second kappa shape index (κ2) is 7.01. The average Bonchev–Trinajstić information content (AvgIpc) is 2.71. The van der Waals surface area contributed by atoms with Crippen LogP contribution in [0.5, 0.6) is 0 Å². The van der Waals surface area contributed by atoms with E-state index in [2.05, 4.69) is 0 Å². The first-order chi connectivity index (χ1) is 11.2. The van der Waals surface area contributed by atoms with E-state index in [4.69, 9.17) is 0 Å². The van der Waals surface area contributed by atoms with Crippen molar-refractivity contribution in [2.75, 3.05) is 0 Å². The van der Waals surface area contributed by atoms with Crippen LogP contribution in [0.25, 0.3) is 12.2 Å². The predicted octanol–water partition coefficient (Wildman–Crippen LogP) is 4.48. The number of hydrogen-bond acceptors (Lipinski definition) is 2. The van der Waals surface area contributed by atoms with Crippen LogP contribution in [0, 0.1) is 0 Å². The third kappa shape index (κ3) is 3.72. The number of carbonyl (C=O) groups excluding carboxylic acids is 2. The Labute approximate surface area is 136 Å². The van der Waals surface area contributed by atoms with E-state index < -0.39 is 0 Å². The molecule has 0 radical (unpaired) electrons. The second-order valence-corrected chi connectivity index (χ2v) is 5.67. The van der Waals surface area contributed by atoms with Gasteiger partial charge in [-0.05, 0) is 42.5 Å². The minimum Gasteiger partial charge on any atom is -0.285 e. The monoisotopic (exact) mass is 302 g/mol. The molecular formula is C21H18O2. The summed E-state index contributed by atoms with van der Waals surface area (Å²) in [6.07, 6.45) is 5.78. The summed E-state index contributed by atoms with van der Waals surface area (Å²) in [6, 6.07) is 19.3. The van der Waals surface area contributed by atoms with Gasteiger partial charge in [-0.3, -0.25) is 9.59 Å². The Bertz CT molecular complexity index is 701. The van der Waals surface area contributed by atoms with Gasteiger partial charge < -0.3 is 0 Å². The molecule has 2 heteroatoms. The van der Waals surface area contributed by atoms with Crippen LogP contribution in [-0.4, -0.2) is 11.6 Å². The van der Waals surface area contributed by atoms with Crippen LogP contribution in [0.2, 0.25) is 0 Å². The van der Waals surface area contributed by atoms with Crippen LogP contribution in [-0.2, 0) is 9.59 Å². The van der Waals surface area contributed by atoms with Crippen LogP contribution >= 0.6 is 0 Å². The van der Waals surface area contributed by atoms with Crippen molar-refractivity contribution >= 4 is 23.7 Å². The molecule has 0 spiro atoms. The van der Waals surface area contributed by atoms with Crippen LogP contribution in [0.3, 0.4) is 0 Å². The average molecular weight is 302 g/mol. The van der Waals surface area contributed by atoms with Crippen molar-refractivity contribution in [3.63, 3.8) is 0 Å². The molecule has 23 heavy (non-hydrogen) atoms. The molecule has 0 aromatic heterocycles. The van der Waals surface area contributed by atoms with Gasteiger partial charge in [0.25, 0.3) is 0 Å². The molecule has 2 aromatic rings. The third-order valence-electron chi connectivity index (χ3n) is 3.96. The molecule has 114 valence electrons. The van der Waals surface area contributed by atoms with E-state index in [0.29, 0.717) is 24.0 Å². The van der Waals surface area contributed by atoms with Gasteiger partial charge in [0.2, 0.25) is 11.6 Å². The second-order valence-electron chi connectivity index (χ2n) is 5.67. The van der Waals surface area contributed by atoms with Crippen molar-refractivity contribution in [2.24, 2.45) is 0 Å². The summed E-state index contributed by atoms with van der Waals surface area (Å²) in [6.45, 7) is 0. The molecule has 0 unspecified atom stereocenters. The number of hydrogen-bond donors (Lipinski definition) is 0. The lowest BCUT2D eigenvalue weighted by atomic mass is 10.00. The number of benzene rings is 2. The summed E-state index contributed by atoms with van der Waals surface area (Å²) in [5.41, 5.74) is 3.13. The minimum absolute atomic E-state index is 0.367. The van der Waals surface area contributed by atoms with Crippen LogP contribution < -0.4 is 0 Å². The Morgan fingerprint density at radius 3 is 1.39 bits per heavy atom. The molecular weight excluding hydrogens is 284 g/mol. The van der Waals surface area contributed by atoms with E-state index in [1.807, 2.05) is 72.8 Å². The SMILES string of the molecule is O=C1C(=O)/C(=C/c2ccccc2)CCCC1=Cc1ccccc1. The summed E-state index contributed by atoms with van der Waals surface area (Å²) >= 11 is 0. The van der Waals surface area contributed by atoms with E-state index in [-0.39, 0.29) is 11.6 Å². The highest BCUT2D eigenvalue weighted by molar-refractivity contribution is 6.50. The van der Waals surface area contributed by atoms with Gasteiger partial charge in [-0.25, -0.2) is 0 Å². The molecule has 3 rings (SSSR count). The molecule has 1 aliphatic rings. The van der Waals surface area contributed by atoms with Crippen molar-refractivity contribution in [2.45, 2.75) is 19.3 Å². The maximum Gasteiger partial charge on any atom is 0.229 e. The van der Waals surface area contributed by atoms with Gasteiger partial charge >= 0.3 is 0 Å². The van der Waals surface area contributed by atoms with Crippen LogP contribution in [0.1, 0.15) is 30.4 Å². The molecule has 0 amide bonds. The highest BCUT2D eigenvalue weighted by Gasteiger charge is 2.25. The Hall–Kier alpha value is -2.74. The summed E-state index contributed by atoms with van der Waals surface area (Å²) in [5.74, 6) is -0.734. The first-order valence-corrected chi connectivity index (χ1v) is 7.84. The summed E-state index contributed by atoms with van der Waals surface area (Å²) < 4.78 is 0. The van der Waals surface area contributed by atoms with Gasteiger partial charge in [-0.15, -0.1) is 0 Å². The summed E-state index contributed by atoms with van der Waals surface area (Å²) in [5, 5.41) is 0. The molecule has 0 heterocycles. The zero-order valence-corrected chi connectivity index (χ0v) is 12.9. The maximum atomic E-state index is 12.5.